The zero-order valence-electron chi connectivity index (χ0n) is 31.7. The zero-order chi connectivity index (χ0) is 39.5. The molecule has 1 aliphatic heterocycles. The van der Waals surface area contributed by atoms with E-state index in [2.05, 4.69) is 103 Å². The fourth-order valence-corrected chi connectivity index (χ4v) is 8.22. The summed E-state index contributed by atoms with van der Waals surface area (Å²) in [6.45, 7) is 0. The average molecular weight is 751 g/mol. The van der Waals surface area contributed by atoms with E-state index in [1.807, 2.05) is 84.9 Å². The van der Waals surface area contributed by atoms with Gasteiger partial charge in [0.2, 0.25) is 0 Å². The molecule has 0 amide bonds. The topological polar surface area (TPSA) is 61.0 Å². The normalized spacial score (nSPS) is 12.8. The molecule has 8 aromatic carbocycles. The van der Waals surface area contributed by atoms with Crippen LogP contribution >= 0.6 is 0 Å². The van der Waals surface area contributed by atoms with Crippen LogP contribution in [0.1, 0.15) is 5.56 Å². The number of hydrogen-bond donors (Lipinski definition) is 0. The summed E-state index contributed by atoms with van der Waals surface area (Å²) < 4.78 is 12.6. The van der Waals surface area contributed by atoms with Crippen molar-refractivity contribution in [3.8, 4) is 84.4 Å². The molecule has 3 heterocycles. The zero-order valence-corrected chi connectivity index (χ0v) is 31.7. The van der Waals surface area contributed by atoms with E-state index in [0.29, 0.717) is 23.2 Å². The molecule has 0 aliphatic carbocycles. The fourth-order valence-electron chi connectivity index (χ4n) is 8.22. The Morgan fingerprint density at radius 2 is 0.915 bits per heavy atom. The van der Waals surface area contributed by atoms with Crippen LogP contribution in [0.15, 0.2) is 192 Å². The molecule has 0 atom stereocenters. The molecule has 59 heavy (non-hydrogen) atoms. The second kappa shape index (κ2) is 13.9. The van der Waals surface area contributed by atoms with Crippen LogP contribution in [0.2, 0.25) is 0 Å². The smallest absolute Gasteiger partial charge is 0.164 e. The van der Waals surface area contributed by atoms with E-state index in [9.17, 15) is 0 Å². The summed E-state index contributed by atoms with van der Waals surface area (Å²) in [4.78, 5) is 15.3. The first-order valence-corrected chi connectivity index (χ1v) is 19.5. The van der Waals surface area contributed by atoms with E-state index < -0.39 is 5.40 Å². The maximum atomic E-state index is 6.43. The van der Waals surface area contributed by atoms with Gasteiger partial charge in [0.05, 0.1) is 5.40 Å². The summed E-state index contributed by atoms with van der Waals surface area (Å²) in [5.41, 5.74) is 13.2. The van der Waals surface area contributed by atoms with E-state index in [1.165, 1.54) is 0 Å². The fraction of sp³-hybridized carbons (Fsp3) is 0.0192. The molecule has 4 radical (unpaired) electrons. The van der Waals surface area contributed by atoms with Gasteiger partial charge in [-0.3, -0.25) is 0 Å². The molecule has 1 aliphatic rings. The van der Waals surface area contributed by atoms with Gasteiger partial charge in [-0.1, -0.05) is 170 Å². The Balaban J connectivity index is 1.02. The molecular weight excluding hydrogens is 720 g/mol. The molecule has 0 N–H and O–H groups in total. The van der Waals surface area contributed by atoms with Gasteiger partial charge >= 0.3 is 0 Å². The largest absolute Gasteiger partial charge is 0.502 e. The van der Waals surface area contributed by atoms with E-state index in [1.54, 1.807) is 0 Å². The van der Waals surface area contributed by atoms with E-state index in [0.717, 1.165) is 88.7 Å². The highest BCUT2D eigenvalue weighted by Crippen LogP contribution is 2.48. The van der Waals surface area contributed by atoms with Crippen LogP contribution in [0.5, 0.6) is 5.75 Å². The van der Waals surface area contributed by atoms with Gasteiger partial charge in [-0.05, 0) is 57.1 Å². The van der Waals surface area contributed by atoms with Crippen LogP contribution in [0, 0.1) is 0 Å². The Labute approximate surface area is 343 Å². The van der Waals surface area contributed by atoms with Crippen molar-refractivity contribution in [2.75, 3.05) is 0 Å². The van der Waals surface area contributed by atoms with Crippen molar-refractivity contribution in [1.29, 1.82) is 0 Å². The van der Waals surface area contributed by atoms with Crippen molar-refractivity contribution in [3.63, 3.8) is 0 Å². The predicted molar refractivity (Wildman–Crippen MR) is 239 cm³/mol. The van der Waals surface area contributed by atoms with Crippen molar-refractivity contribution in [1.82, 2.24) is 15.0 Å². The molecule has 0 fully saturated rings. The van der Waals surface area contributed by atoms with Crippen LogP contribution in [0.3, 0.4) is 0 Å². The van der Waals surface area contributed by atoms with Gasteiger partial charge in [-0.25, -0.2) is 15.0 Å². The minimum absolute atomic E-state index is 0.563. The average Bonchev–Trinajstić information content (AvgIpc) is 3.68. The summed E-state index contributed by atoms with van der Waals surface area (Å²) in [5, 5.41) is 0.743. The molecule has 0 spiro atoms. The molecule has 0 unspecified atom stereocenters. The minimum Gasteiger partial charge on any atom is -0.502 e. The van der Waals surface area contributed by atoms with E-state index in [4.69, 9.17) is 39.8 Å². The quantitative estimate of drug-likeness (QED) is 0.158. The van der Waals surface area contributed by atoms with Gasteiger partial charge in [0, 0.05) is 38.6 Å². The lowest BCUT2D eigenvalue weighted by Crippen LogP contribution is -2.37. The highest BCUT2D eigenvalue weighted by molar-refractivity contribution is 6.40. The molecule has 5 nitrogen and oxygen atoms in total. The van der Waals surface area contributed by atoms with Crippen LogP contribution in [-0.4, -0.2) is 30.6 Å². The highest BCUT2D eigenvalue weighted by atomic mass is 16.5. The third kappa shape index (κ3) is 6.10. The standard InChI is InChI=1S/C52H31B2N3O2/c53-52(54)44-20-6-4-16-43(44)47-39(17-10-22-46(47)59-52)34-25-29-36(30-26-34)50-55-49(35-27-23-33(24-28-35)32-11-2-1-3-12-32)56-51(57-50)38-14-8-13-37(31-38)40-18-9-19-42-41-15-5-7-21-45(41)58-48(40)42/h1-31H. The maximum Gasteiger partial charge on any atom is 0.164 e. The minimum atomic E-state index is -1.43. The van der Waals surface area contributed by atoms with Crippen LogP contribution in [0.4, 0.5) is 0 Å². The Morgan fingerprint density at radius 3 is 1.69 bits per heavy atom. The summed E-state index contributed by atoms with van der Waals surface area (Å²) in [6, 6.07) is 63.6. The first kappa shape index (κ1) is 34.7. The van der Waals surface area contributed by atoms with Crippen molar-refractivity contribution >= 4 is 37.6 Å². The number of para-hydroxylation sites is 2. The lowest BCUT2D eigenvalue weighted by atomic mass is 9.58. The third-order valence-electron chi connectivity index (χ3n) is 11.1. The van der Waals surface area contributed by atoms with Gasteiger partial charge in [0.15, 0.2) is 17.5 Å². The molecule has 7 heteroatoms. The second-order valence-electron chi connectivity index (χ2n) is 14.8. The SMILES string of the molecule is [B]C1([B])Oc2cccc(-c3ccc(-c4nc(-c5ccc(-c6ccccc6)cc5)nc(-c5cccc(-c6cccc7c6oc6ccccc67)c5)n4)cc3)c2-c2ccccc21. The van der Waals surface area contributed by atoms with Gasteiger partial charge in [-0.15, -0.1) is 0 Å². The van der Waals surface area contributed by atoms with Crippen LogP contribution in [-0.2, 0) is 5.40 Å². The maximum absolute atomic E-state index is 6.43. The number of rotatable bonds is 6. The number of nitrogens with zero attached hydrogens (tertiary/aromatic N) is 3. The summed E-state index contributed by atoms with van der Waals surface area (Å²) in [7, 11) is 12.9. The molecule has 272 valence electrons. The summed E-state index contributed by atoms with van der Waals surface area (Å²) in [6.07, 6.45) is 0. The molecule has 10 aromatic rings. The number of hydrogen-bond acceptors (Lipinski definition) is 5. The number of aromatic nitrogens is 3. The van der Waals surface area contributed by atoms with Gasteiger partial charge in [-0.2, -0.15) is 0 Å². The molecule has 0 bridgehead atoms. The number of benzene rings is 8. The Morgan fingerprint density at radius 1 is 0.390 bits per heavy atom. The van der Waals surface area contributed by atoms with Crippen molar-refractivity contribution in [2.45, 2.75) is 5.40 Å². The molecular formula is C52H31B2N3O2. The lowest BCUT2D eigenvalue weighted by molar-refractivity contribution is 0.241. The summed E-state index contributed by atoms with van der Waals surface area (Å²) in [5.74, 6) is 2.35. The predicted octanol–water partition coefficient (Wildman–Crippen LogP) is 12.3. The van der Waals surface area contributed by atoms with Crippen molar-refractivity contribution in [2.24, 2.45) is 0 Å². The Bertz CT molecular complexity index is 3210. The van der Waals surface area contributed by atoms with Crippen molar-refractivity contribution in [3.05, 3.63) is 194 Å². The molecule has 2 aromatic heterocycles. The number of furan rings is 1. The van der Waals surface area contributed by atoms with Gasteiger partial charge in [0.25, 0.3) is 0 Å². The second-order valence-corrected chi connectivity index (χ2v) is 14.8. The van der Waals surface area contributed by atoms with Crippen LogP contribution in [0.25, 0.3) is 101 Å². The lowest BCUT2D eigenvalue weighted by Gasteiger charge is -2.37. The Hall–Kier alpha value is -7.50. The first-order chi connectivity index (χ1) is 29.0. The summed E-state index contributed by atoms with van der Waals surface area (Å²) >= 11 is 0. The Kier molecular flexibility index (Phi) is 8.15. The van der Waals surface area contributed by atoms with E-state index >= 15 is 0 Å². The molecule has 0 saturated carbocycles. The highest BCUT2D eigenvalue weighted by Gasteiger charge is 2.32. The van der Waals surface area contributed by atoms with Gasteiger partial charge < -0.3 is 9.15 Å². The van der Waals surface area contributed by atoms with Gasteiger partial charge in [0.1, 0.15) is 32.6 Å². The van der Waals surface area contributed by atoms with E-state index in [-0.39, 0.29) is 0 Å². The first-order valence-electron chi connectivity index (χ1n) is 19.5. The number of fused-ring (bicyclic) bond motifs is 6. The monoisotopic (exact) mass is 751 g/mol. The van der Waals surface area contributed by atoms with Crippen LogP contribution < -0.4 is 4.74 Å². The third-order valence-corrected chi connectivity index (χ3v) is 11.1. The van der Waals surface area contributed by atoms with Crippen molar-refractivity contribution < 1.29 is 9.15 Å². The number of ether oxygens (including phenoxy) is 1. The molecule has 0 saturated heterocycles. The molecule has 11 rings (SSSR count).